The molecule has 2 rings (SSSR count). The Morgan fingerprint density at radius 1 is 1.33 bits per heavy atom. The van der Waals surface area contributed by atoms with Crippen molar-refractivity contribution in [3.05, 3.63) is 40.8 Å². The normalized spacial score (nSPS) is 15.1. The Hall–Kier alpha value is -1.04. The van der Waals surface area contributed by atoms with E-state index in [1.165, 1.54) is 12.1 Å². The number of aromatic nitrogens is 1. The average molecular weight is 329 g/mol. The van der Waals surface area contributed by atoms with Crippen molar-refractivity contribution in [3.63, 3.8) is 0 Å². The van der Waals surface area contributed by atoms with Gasteiger partial charge >= 0.3 is 0 Å². The monoisotopic (exact) mass is 328 g/mol. The van der Waals surface area contributed by atoms with E-state index in [0.29, 0.717) is 10.7 Å². The van der Waals surface area contributed by atoms with E-state index in [0.717, 1.165) is 10.9 Å². The fourth-order valence-corrected chi connectivity index (χ4v) is 2.95. The highest BCUT2D eigenvalue weighted by atomic mass is 35.5. The van der Waals surface area contributed by atoms with E-state index in [1.54, 1.807) is 6.07 Å². The second kappa shape index (κ2) is 5.99. The molecule has 0 fully saturated rings. The van der Waals surface area contributed by atoms with Crippen molar-refractivity contribution in [2.24, 2.45) is 0 Å². The number of fused-ring (bicyclic) bond motifs is 1. The van der Waals surface area contributed by atoms with Crippen molar-refractivity contribution in [1.82, 2.24) is 9.71 Å². The highest BCUT2D eigenvalue weighted by molar-refractivity contribution is 7.84. The second-order valence-corrected chi connectivity index (χ2v) is 8.28. The molecule has 0 aliphatic heterocycles. The average Bonchev–Trinajstić information content (AvgIpc) is 2.36. The number of hydrogen-bond acceptors (Lipinski definition) is 2. The molecule has 0 radical (unpaired) electrons. The minimum absolute atomic E-state index is 0.223. The summed E-state index contributed by atoms with van der Waals surface area (Å²) in [6.07, 6.45) is 0. The minimum atomic E-state index is -1.21. The summed E-state index contributed by atoms with van der Waals surface area (Å²) < 4.78 is 28.0. The summed E-state index contributed by atoms with van der Waals surface area (Å²) in [5.41, 5.74) is 1.25. The van der Waals surface area contributed by atoms with Gasteiger partial charge in [0.15, 0.2) is 0 Å². The number of nitrogens with zero attached hydrogens (tertiary/aromatic N) is 1. The predicted molar refractivity (Wildman–Crippen MR) is 86.2 cm³/mol. The molecule has 1 heterocycles. The van der Waals surface area contributed by atoms with Crippen molar-refractivity contribution in [2.75, 3.05) is 0 Å². The van der Waals surface area contributed by atoms with E-state index in [1.807, 2.05) is 33.8 Å². The summed E-state index contributed by atoms with van der Waals surface area (Å²) in [5, 5.41) is 1.09. The molecule has 0 aliphatic carbocycles. The Bertz CT molecular complexity index is 700. The Balaban J connectivity index is 2.35. The van der Waals surface area contributed by atoms with Crippen LogP contribution in [-0.2, 0) is 11.0 Å². The van der Waals surface area contributed by atoms with Gasteiger partial charge in [0.25, 0.3) is 0 Å². The fourth-order valence-electron chi connectivity index (χ4n) is 1.84. The van der Waals surface area contributed by atoms with Gasteiger partial charge in [-0.25, -0.2) is 18.3 Å². The van der Waals surface area contributed by atoms with Crippen LogP contribution in [0.25, 0.3) is 10.9 Å². The van der Waals surface area contributed by atoms with E-state index in [9.17, 15) is 8.60 Å². The van der Waals surface area contributed by atoms with Crippen LogP contribution in [0.15, 0.2) is 24.3 Å². The lowest BCUT2D eigenvalue weighted by molar-refractivity contribution is 0.616. The first-order chi connectivity index (χ1) is 9.68. The summed E-state index contributed by atoms with van der Waals surface area (Å²) in [4.78, 5) is 4.21. The van der Waals surface area contributed by atoms with Crippen LogP contribution in [0.2, 0.25) is 5.15 Å². The van der Waals surface area contributed by atoms with Crippen LogP contribution in [0, 0.1) is 5.82 Å². The van der Waals surface area contributed by atoms with Gasteiger partial charge < -0.3 is 0 Å². The molecule has 1 N–H and O–H groups in total. The summed E-state index contributed by atoms with van der Waals surface area (Å²) in [6.45, 7) is 7.56. The van der Waals surface area contributed by atoms with Crippen molar-refractivity contribution in [3.8, 4) is 0 Å². The number of rotatable bonds is 3. The molecule has 6 heteroatoms. The molecule has 1 aromatic heterocycles. The van der Waals surface area contributed by atoms with E-state index in [2.05, 4.69) is 9.71 Å². The van der Waals surface area contributed by atoms with Gasteiger partial charge in [0.2, 0.25) is 0 Å². The van der Waals surface area contributed by atoms with Gasteiger partial charge in [0, 0.05) is 23.1 Å². The number of pyridine rings is 1. The third-order valence-electron chi connectivity index (χ3n) is 3.07. The number of benzene rings is 1. The number of hydrogen-bond donors (Lipinski definition) is 1. The van der Waals surface area contributed by atoms with Crippen molar-refractivity contribution in [1.29, 1.82) is 0 Å². The van der Waals surface area contributed by atoms with Gasteiger partial charge in [0.05, 0.1) is 21.2 Å². The quantitative estimate of drug-likeness (QED) is 0.860. The first-order valence-corrected chi connectivity index (χ1v) is 8.15. The Labute approximate surface area is 131 Å². The van der Waals surface area contributed by atoms with E-state index < -0.39 is 11.0 Å². The van der Waals surface area contributed by atoms with Crippen LogP contribution in [0.1, 0.15) is 39.3 Å². The SMILES string of the molecule is C[C@@H](N[S@@](=O)C(C)(C)C)c1cc2ccc(F)cc2nc1Cl. The van der Waals surface area contributed by atoms with Gasteiger partial charge in [-0.05, 0) is 45.9 Å². The summed E-state index contributed by atoms with van der Waals surface area (Å²) >= 11 is 6.18. The molecule has 0 aliphatic rings. The lowest BCUT2D eigenvalue weighted by atomic mass is 10.1. The largest absolute Gasteiger partial charge is 0.242 e. The Kier molecular flexibility index (Phi) is 4.66. The lowest BCUT2D eigenvalue weighted by Crippen LogP contribution is -2.34. The van der Waals surface area contributed by atoms with Gasteiger partial charge in [0.1, 0.15) is 11.0 Å². The molecule has 1 aromatic carbocycles. The van der Waals surface area contributed by atoms with Crippen LogP contribution >= 0.6 is 11.6 Å². The van der Waals surface area contributed by atoms with Crippen LogP contribution in [0.3, 0.4) is 0 Å². The molecule has 0 unspecified atom stereocenters. The molecule has 0 bridgehead atoms. The lowest BCUT2D eigenvalue weighted by Gasteiger charge is -2.22. The molecule has 2 aromatic rings. The first-order valence-electron chi connectivity index (χ1n) is 6.62. The van der Waals surface area contributed by atoms with E-state index in [4.69, 9.17) is 11.6 Å². The topological polar surface area (TPSA) is 42.0 Å². The molecule has 0 spiro atoms. The fraction of sp³-hybridized carbons (Fsp3) is 0.400. The highest BCUT2D eigenvalue weighted by Crippen LogP contribution is 2.27. The third kappa shape index (κ3) is 3.78. The number of nitrogens with one attached hydrogen (secondary N) is 1. The zero-order chi connectivity index (χ0) is 15.8. The van der Waals surface area contributed by atoms with Crippen molar-refractivity contribution < 1.29 is 8.60 Å². The molecule has 0 saturated carbocycles. The molecule has 2 atom stereocenters. The van der Waals surface area contributed by atoms with Crippen molar-refractivity contribution in [2.45, 2.75) is 38.5 Å². The van der Waals surface area contributed by atoms with Crippen LogP contribution in [0.4, 0.5) is 4.39 Å². The van der Waals surface area contributed by atoms with Crippen LogP contribution in [-0.4, -0.2) is 13.9 Å². The second-order valence-electron chi connectivity index (χ2n) is 5.93. The third-order valence-corrected chi connectivity index (χ3v) is 5.05. The summed E-state index contributed by atoms with van der Waals surface area (Å²) in [6, 6.07) is 6.01. The highest BCUT2D eigenvalue weighted by Gasteiger charge is 2.23. The molecule has 0 amide bonds. The number of halogens is 2. The summed E-state index contributed by atoms with van der Waals surface area (Å²) in [5.74, 6) is -0.348. The van der Waals surface area contributed by atoms with E-state index in [-0.39, 0.29) is 16.6 Å². The maximum absolute atomic E-state index is 13.2. The van der Waals surface area contributed by atoms with Crippen LogP contribution in [0.5, 0.6) is 0 Å². The van der Waals surface area contributed by atoms with Crippen LogP contribution < -0.4 is 4.72 Å². The molecule has 21 heavy (non-hydrogen) atoms. The molecular formula is C15H18ClFN2OS. The summed E-state index contributed by atoms with van der Waals surface area (Å²) in [7, 11) is -1.21. The molecular weight excluding hydrogens is 311 g/mol. The van der Waals surface area contributed by atoms with Crippen molar-refractivity contribution >= 4 is 33.5 Å². The molecule has 0 saturated heterocycles. The van der Waals surface area contributed by atoms with Gasteiger partial charge in [-0.2, -0.15) is 0 Å². The Morgan fingerprint density at radius 3 is 2.62 bits per heavy atom. The Morgan fingerprint density at radius 2 is 2.00 bits per heavy atom. The maximum atomic E-state index is 13.2. The van der Waals surface area contributed by atoms with E-state index >= 15 is 0 Å². The maximum Gasteiger partial charge on any atom is 0.134 e. The predicted octanol–water partition coefficient (Wildman–Crippen LogP) is 4.14. The molecule has 114 valence electrons. The zero-order valence-electron chi connectivity index (χ0n) is 12.4. The molecule has 3 nitrogen and oxygen atoms in total. The van der Waals surface area contributed by atoms with Gasteiger partial charge in [-0.1, -0.05) is 11.6 Å². The minimum Gasteiger partial charge on any atom is -0.242 e. The smallest absolute Gasteiger partial charge is 0.134 e. The first kappa shape index (κ1) is 16.3. The standard InChI is InChI=1S/C15H18ClFN2OS/c1-9(19-21(20)15(2,3)4)12-7-10-5-6-11(17)8-13(10)18-14(12)16/h5-9,19H,1-4H3/t9-,21+/m1/s1. The van der Waals surface area contributed by atoms with Gasteiger partial charge in [-0.3, -0.25) is 0 Å². The van der Waals surface area contributed by atoms with Gasteiger partial charge in [-0.15, -0.1) is 0 Å². The zero-order valence-corrected chi connectivity index (χ0v) is 14.0.